The predicted octanol–water partition coefficient (Wildman–Crippen LogP) is 1.55. The molecule has 1 aliphatic rings. The maximum absolute atomic E-state index is 9.79. The Morgan fingerprint density at radius 2 is 1.08 bits per heavy atom. The monoisotopic (exact) mass is 172 g/mol. The lowest BCUT2D eigenvalue weighted by Crippen LogP contribution is -2.51. The van der Waals surface area contributed by atoms with Gasteiger partial charge in [0.25, 0.3) is 0 Å². The van der Waals surface area contributed by atoms with E-state index in [1.807, 2.05) is 27.7 Å². The zero-order chi connectivity index (χ0) is 9.57. The van der Waals surface area contributed by atoms with E-state index >= 15 is 0 Å². The molecule has 0 aliphatic heterocycles. The van der Waals surface area contributed by atoms with Gasteiger partial charge in [0.05, 0.1) is 12.2 Å². The first-order valence-electron chi connectivity index (χ1n) is 4.63. The fourth-order valence-corrected chi connectivity index (χ4v) is 1.79. The lowest BCUT2D eigenvalue weighted by molar-refractivity contribution is -0.137. The molecule has 0 spiro atoms. The summed E-state index contributed by atoms with van der Waals surface area (Å²) in [6.07, 6.45) is 0.804. The SMILES string of the molecule is CC1(C)CCC(C)(C)[C@H](O)[C@H]1O. The molecule has 0 saturated heterocycles. The fraction of sp³-hybridized carbons (Fsp3) is 1.00. The third-order valence-corrected chi connectivity index (χ3v) is 3.31. The van der Waals surface area contributed by atoms with Crippen LogP contribution in [0, 0.1) is 10.8 Å². The second-order valence-electron chi connectivity index (χ2n) is 5.37. The average molecular weight is 172 g/mol. The van der Waals surface area contributed by atoms with E-state index in [-0.39, 0.29) is 10.8 Å². The molecule has 0 amide bonds. The summed E-state index contributed by atoms with van der Waals surface area (Å²) in [7, 11) is 0. The molecule has 0 radical (unpaired) electrons. The minimum atomic E-state index is -0.582. The molecule has 1 fully saturated rings. The van der Waals surface area contributed by atoms with Crippen molar-refractivity contribution in [3.8, 4) is 0 Å². The standard InChI is InChI=1S/C10H20O2/c1-9(2)5-6-10(3,4)8(12)7(9)11/h7-8,11-12H,5-6H2,1-4H3/t7-,8-/m1/s1. The van der Waals surface area contributed by atoms with Gasteiger partial charge in [0.15, 0.2) is 0 Å². The van der Waals surface area contributed by atoms with Crippen LogP contribution in [0.25, 0.3) is 0 Å². The smallest absolute Gasteiger partial charge is 0.0855 e. The van der Waals surface area contributed by atoms with Crippen molar-refractivity contribution in [2.24, 2.45) is 10.8 Å². The average Bonchev–Trinajstić information content (AvgIpc) is 1.96. The summed E-state index contributed by atoms with van der Waals surface area (Å²) in [5.74, 6) is 0. The van der Waals surface area contributed by atoms with Crippen LogP contribution < -0.4 is 0 Å². The number of hydrogen-bond acceptors (Lipinski definition) is 2. The van der Waals surface area contributed by atoms with Crippen molar-refractivity contribution in [1.82, 2.24) is 0 Å². The van der Waals surface area contributed by atoms with E-state index in [1.165, 1.54) is 0 Å². The molecule has 2 nitrogen and oxygen atoms in total. The Hall–Kier alpha value is -0.0800. The summed E-state index contributed by atoms with van der Waals surface area (Å²) in [6, 6.07) is 0. The van der Waals surface area contributed by atoms with E-state index in [4.69, 9.17) is 0 Å². The van der Waals surface area contributed by atoms with Crippen LogP contribution in [0.4, 0.5) is 0 Å². The molecular weight excluding hydrogens is 152 g/mol. The molecule has 0 aromatic rings. The molecule has 1 aliphatic carbocycles. The van der Waals surface area contributed by atoms with Crippen LogP contribution in [-0.2, 0) is 0 Å². The lowest BCUT2D eigenvalue weighted by Gasteiger charge is -2.47. The summed E-state index contributed by atoms with van der Waals surface area (Å²) in [4.78, 5) is 0. The first kappa shape index (κ1) is 10.0. The van der Waals surface area contributed by atoms with E-state index in [0.717, 1.165) is 12.8 Å². The van der Waals surface area contributed by atoms with Gasteiger partial charge in [-0.05, 0) is 23.7 Å². The second kappa shape index (κ2) is 2.71. The molecule has 12 heavy (non-hydrogen) atoms. The lowest BCUT2D eigenvalue weighted by atomic mass is 9.63. The molecule has 0 bridgehead atoms. The third kappa shape index (κ3) is 1.50. The van der Waals surface area contributed by atoms with Crippen LogP contribution in [-0.4, -0.2) is 22.4 Å². The second-order valence-corrected chi connectivity index (χ2v) is 5.37. The van der Waals surface area contributed by atoms with Gasteiger partial charge in [-0.2, -0.15) is 0 Å². The first-order valence-corrected chi connectivity index (χ1v) is 4.63. The van der Waals surface area contributed by atoms with Gasteiger partial charge in [-0.1, -0.05) is 27.7 Å². The van der Waals surface area contributed by atoms with Crippen LogP contribution in [0.3, 0.4) is 0 Å². The topological polar surface area (TPSA) is 40.5 Å². The van der Waals surface area contributed by atoms with Gasteiger partial charge in [0, 0.05) is 0 Å². The molecule has 0 aromatic carbocycles. The Morgan fingerprint density at radius 1 is 0.833 bits per heavy atom. The van der Waals surface area contributed by atoms with E-state index in [9.17, 15) is 10.2 Å². The molecule has 2 N–H and O–H groups in total. The van der Waals surface area contributed by atoms with Crippen LogP contribution in [0.15, 0.2) is 0 Å². The summed E-state index contributed by atoms with van der Waals surface area (Å²) < 4.78 is 0. The molecule has 0 heterocycles. The van der Waals surface area contributed by atoms with Crippen LogP contribution in [0.2, 0.25) is 0 Å². The van der Waals surface area contributed by atoms with Gasteiger partial charge in [-0.3, -0.25) is 0 Å². The highest BCUT2D eigenvalue weighted by molar-refractivity contribution is 4.96. The quantitative estimate of drug-likeness (QED) is 0.582. The van der Waals surface area contributed by atoms with E-state index in [1.54, 1.807) is 0 Å². The van der Waals surface area contributed by atoms with Crippen LogP contribution >= 0.6 is 0 Å². The van der Waals surface area contributed by atoms with Gasteiger partial charge in [-0.15, -0.1) is 0 Å². The Balaban J connectivity index is 2.80. The van der Waals surface area contributed by atoms with Gasteiger partial charge in [0.2, 0.25) is 0 Å². The summed E-state index contributed by atoms with van der Waals surface area (Å²) >= 11 is 0. The van der Waals surface area contributed by atoms with Crippen molar-refractivity contribution in [2.75, 3.05) is 0 Å². The Labute approximate surface area is 74.6 Å². The highest BCUT2D eigenvalue weighted by Gasteiger charge is 2.46. The van der Waals surface area contributed by atoms with E-state index in [0.29, 0.717) is 0 Å². The number of aliphatic hydroxyl groups excluding tert-OH is 2. The molecular formula is C10H20O2. The van der Waals surface area contributed by atoms with Gasteiger partial charge < -0.3 is 10.2 Å². The van der Waals surface area contributed by atoms with E-state index in [2.05, 4.69) is 0 Å². The largest absolute Gasteiger partial charge is 0.390 e. The fourth-order valence-electron chi connectivity index (χ4n) is 1.79. The highest BCUT2D eigenvalue weighted by Crippen LogP contribution is 2.44. The Morgan fingerprint density at radius 3 is 1.33 bits per heavy atom. The first-order chi connectivity index (χ1) is 5.27. The summed E-state index contributed by atoms with van der Waals surface area (Å²) in [6.45, 7) is 8.04. The Kier molecular flexibility index (Phi) is 2.26. The van der Waals surface area contributed by atoms with Gasteiger partial charge in [0.1, 0.15) is 0 Å². The maximum atomic E-state index is 9.79. The van der Waals surface area contributed by atoms with Crippen molar-refractivity contribution < 1.29 is 10.2 Å². The molecule has 2 heteroatoms. The van der Waals surface area contributed by atoms with Gasteiger partial charge in [-0.25, -0.2) is 0 Å². The van der Waals surface area contributed by atoms with Crippen molar-refractivity contribution in [2.45, 2.75) is 52.7 Å². The van der Waals surface area contributed by atoms with Crippen molar-refractivity contribution in [1.29, 1.82) is 0 Å². The molecule has 1 saturated carbocycles. The van der Waals surface area contributed by atoms with E-state index < -0.39 is 12.2 Å². The predicted molar refractivity (Wildman–Crippen MR) is 48.8 cm³/mol. The third-order valence-electron chi connectivity index (χ3n) is 3.31. The molecule has 0 aromatic heterocycles. The number of hydrogen-bond donors (Lipinski definition) is 2. The summed E-state index contributed by atoms with van der Waals surface area (Å²) in [5.41, 5.74) is -0.260. The molecule has 72 valence electrons. The Bertz CT molecular complexity index is 153. The maximum Gasteiger partial charge on any atom is 0.0855 e. The minimum absolute atomic E-state index is 0.130. The summed E-state index contributed by atoms with van der Waals surface area (Å²) in [5, 5.41) is 19.6. The van der Waals surface area contributed by atoms with Crippen LogP contribution in [0.5, 0.6) is 0 Å². The number of rotatable bonds is 0. The van der Waals surface area contributed by atoms with Crippen molar-refractivity contribution in [3.05, 3.63) is 0 Å². The molecule has 1 rings (SSSR count). The zero-order valence-corrected chi connectivity index (χ0v) is 8.46. The normalized spacial score (nSPS) is 39.5. The van der Waals surface area contributed by atoms with Crippen LogP contribution in [0.1, 0.15) is 40.5 Å². The molecule has 0 unspecified atom stereocenters. The van der Waals surface area contributed by atoms with Crippen molar-refractivity contribution >= 4 is 0 Å². The highest BCUT2D eigenvalue weighted by atomic mass is 16.3. The number of aliphatic hydroxyl groups is 2. The molecule has 2 atom stereocenters. The minimum Gasteiger partial charge on any atom is -0.390 e. The zero-order valence-electron chi connectivity index (χ0n) is 8.46. The van der Waals surface area contributed by atoms with Crippen molar-refractivity contribution in [3.63, 3.8) is 0 Å². The van der Waals surface area contributed by atoms with Gasteiger partial charge >= 0.3 is 0 Å².